The minimum absolute atomic E-state index is 0. The Kier molecular flexibility index (Phi) is 8.27. The highest BCUT2D eigenvalue weighted by molar-refractivity contribution is 7.80. The van der Waals surface area contributed by atoms with Crippen molar-refractivity contribution < 1.29 is 5.48 Å². The molecule has 0 aliphatic heterocycles. The molecule has 0 unspecified atom stereocenters. The molecule has 0 aromatic carbocycles. The van der Waals surface area contributed by atoms with Crippen LogP contribution in [0.15, 0.2) is 5.10 Å². The third kappa shape index (κ3) is 5.44. The number of aromatic amines is 1. The molecule has 1 aromatic rings. The van der Waals surface area contributed by atoms with Crippen LogP contribution in [0.2, 0.25) is 5.15 Å². The van der Waals surface area contributed by atoms with Gasteiger partial charge in [-0.1, -0.05) is 24.9 Å². The summed E-state index contributed by atoms with van der Waals surface area (Å²) in [5.74, 6) is 0.884. The second-order valence-electron chi connectivity index (χ2n) is 3.44. The number of imidazole rings is 1. The number of rotatable bonds is 5. The average Bonchev–Trinajstić information content (AvgIpc) is 2.67. The Morgan fingerprint density at radius 2 is 2.33 bits per heavy atom. The summed E-state index contributed by atoms with van der Waals surface area (Å²) in [6.45, 7) is 2.13. The van der Waals surface area contributed by atoms with Gasteiger partial charge < -0.3 is 15.8 Å². The summed E-state index contributed by atoms with van der Waals surface area (Å²) in [7, 11) is 1.72. The van der Waals surface area contributed by atoms with Gasteiger partial charge in [-0.2, -0.15) is 5.10 Å². The predicted octanol–water partition coefficient (Wildman–Crippen LogP) is 1.01. The molecule has 0 saturated heterocycles. The lowest BCUT2D eigenvalue weighted by Crippen LogP contribution is -2.28. The highest BCUT2D eigenvalue weighted by Gasteiger charge is 2.05. The quantitative estimate of drug-likeness (QED) is 0.428. The minimum Gasteiger partial charge on any atom is -0.412 e. The Morgan fingerprint density at radius 3 is 2.94 bits per heavy atom. The van der Waals surface area contributed by atoms with E-state index >= 15 is 0 Å². The largest absolute Gasteiger partial charge is 0.412 e. The van der Waals surface area contributed by atoms with Crippen LogP contribution in [-0.2, 0) is 6.42 Å². The molecular formula is C10H18ClN5OS. The molecule has 18 heavy (non-hydrogen) atoms. The number of aromatic nitrogens is 2. The number of thiocarbonyl (C=S) groups is 1. The number of hydrogen-bond acceptors (Lipinski definition) is 3. The molecule has 1 rings (SSSR count). The van der Waals surface area contributed by atoms with E-state index in [4.69, 9.17) is 23.8 Å². The fourth-order valence-electron chi connectivity index (χ4n) is 1.17. The molecule has 0 radical (unpaired) electrons. The SMILES string of the molecule is CCCCc1nc(/C=N/NC(=S)NC)c(Cl)[nH]1.O. The Hall–Kier alpha value is -1.18. The smallest absolute Gasteiger partial charge is 0.186 e. The average molecular weight is 292 g/mol. The summed E-state index contributed by atoms with van der Waals surface area (Å²) < 4.78 is 0. The molecule has 0 amide bonds. The highest BCUT2D eigenvalue weighted by Crippen LogP contribution is 2.12. The lowest BCUT2D eigenvalue weighted by Gasteiger charge is -1.98. The standard InChI is InChI=1S/C10H16ClN5S.H2O/c1-3-4-5-8-14-7(9(11)15-8)6-13-16-10(17)12-2;/h6H,3-5H2,1-2H3,(H,14,15)(H2,12,16,17);1H2/b13-6+;. The van der Waals surface area contributed by atoms with E-state index in [9.17, 15) is 0 Å². The maximum atomic E-state index is 5.99. The van der Waals surface area contributed by atoms with E-state index in [-0.39, 0.29) is 5.48 Å². The molecule has 0 spiro atoms. The molecule has 0 fully saturated rings. The van der Waals surface area contributed by atoms with Crippen LogP contribution in [0.1, 0.15) is 31.3 Å². The van der Waals surface area contributed by atoms with Gasteiger partial charge in [-0.15, -0.1) is 0 Å². The number of unbranched alkanes of at least 4 members (excludes halogenated alkanes) is 1. The van der Waals surface area contributed by atoms with Gasteiger partial charge >= 0.3 is 0 Å². The van der Waals surface area contributed by atoms with Crippen molar-refractivity contribution in [3.63, 3.8) is 0 Å². The first-order chi connectivity index (χ1) is 8.17. The van der Waals surface area contributed by atoms with Crippen molar-refractivity contribution in [2.24, 2.45) is 5.10 Å². The van der Waals surface area contributed by atoms with Crippen molar-refractivity contribution in [3.8, 4) is 0 Å². The number of hydrazone groups is 1. The van der Waals surface area contributed by atoms with Crippen LogP contribution in [0, 0.1) is 0 Å². The number of nitrogens with one attached hydrogen (secondary N) is 3. The molecule has 102 valence electrons. The summed E-state index contributed by atoms with van der Waals surface area (Å²) in [6.07, 6.45) is 4.65. The van der Waals surface area contributed by atoms with E-state index in [0.29, 0.717) is 16.0 Å². The maximum Gasteiger partial charge on any atom is 0.186 e. The molecular weight excluding hydrogens is 274 g/mol. The first-order valence-electron chi connectivity index (χ1n) is 5.42. The zero-order valence-corrected chi connectivity index (χ0v) is 12.0. The van der Waals surface area contributed by atoms with Crippen molar-refractivity contribution in [2.45, 2.75) is 26.2 Å². The molecule has 0 atom stereocenters. The summed E-state index contributed by atoms with van der Waals surface area (Å²) >= 11 is 10.9. The van der Waals surface area contributed by atoms with E-state index in [1.165, 1.54) is 6.21 Å². The molecule has 1 aromatic heterocycles. The van der Waals surface area contributed by atoms with Gasteiger partial charge in [-0.05, 0) is 18.6 Å². The predicted molar refractivity (Wildman–Crippen MR) is 78.2 cm³/mol. The summed E-state index contributed by atoms with van der Waals surface area (Å²) in [5, 5.41) is 7.61. The number of aryl methyl sites for hydroxylation is 1. The monoisotopic (exact) mass is 291 g/mol. The molecule has 0 aliphatic rings. The molecule has 6 nitrogen and oxygen atoms in total. The van der Waals surface area contributed by atoms with Crippen LogP contribution in [0.5, 0.6) is 0 Å². The lowest BCUT2D eigenvalue weighted by molar-refractivity contribution is 0.762. The van der Waals surface area contributed by atoms with Gasteiger partial charge in [0.25, 0.3) is 0 Å². The molecule has 0 bridgehead atoms. The maximum absolute atomic E-state index is 5.99. The normalized spacial score (nSPS) is 10.2. The second-order valence-corrected chi connectivity index (χ2v) is 4.22. The lowest BCUT2D eigenvalue weighted by atomic mass is 10.2. The molecule has 0 aliphatic carbocycles. The van der Waals surface area contributed by atoms with Gasteiger partial charge in [0.15, 0.2) is 5.11 Å². The van der Waals surface area contributed by atoms with E-state index in [1.807, 2.05) is 0 Å². The van der Waals surface area contributed by atoms with E-state index in [2.05, 4.69) is 32.7 Å². The van der Waals surface area contributed by atoms with Gasteiger partial charge in [0.2, 0.25) is 0 Å². The van der Waals surface area contributed by atoms with Crippen molar-refractivity contribution in [1.82, 2.24) is 20.7 Å². The molecule has 1 heterocycles. The van der Waals surface area contributed by atoms with Crippen LogP contribution in [0.4, 0.5) is 0 Å². The van der Waals surface area contributed by atoms with Crippen LogP contribution >= 0.6 is 23.8 Å². The number of nitrogens with zero attached hydrogens (tertiary/aromatic N) is 2. The van der Waals surface area contributed by atoms with Gasteiger partial charge in [0.05, 0.1) is 6.21 Å². The fourth-order valence-corrected chi connectivity index (χ4v) is 1.42. The van der Waals surface area contributed by atoms with Crippen molar-refractivity contribution in [3.05, 3.63) is 16.7 Å². The topological polar surface area (TPSA) is 96.6 Å². The van der Waals surface area contributed by atoms with Crippen LogP contribution in [-0.4, -0.2) is 33.8 Å². The zero-order valence-electron chi connectivity index (χ0n) is 10.4. The van der Waals surface area contributed by atoms with Gasteiger partial charge in [0, 0.05) is 13.5 Å². The Bertz CT molecular complexity index is 407. The van der Waals surface area contributed by atoms with E-state index in [0.717, 1.165) is 25.1 Å². The van der Waals surface area contributed by atoms with Gasteiger partial charge in [-0.25, -0.2) is 4.98 Å². The highest BCUT2D eigenvalue weighted by atomic mass is 35.5. The van der Waals surface area contributed by atoms with Crippen LogP contribution < -0.4 is 10.7 Å². The molecule has 8 heteroatoms. The first kappa shape index (κ1) is 16.8. The zero-order chi connectivity index (χ0) is 12.7. The third-order valence-electron chi connectivity index (χ3n) is 2.08. The van der Waals surface area contributed by atoms with Crippen LogP contribution in [0.3, 0.4) is 0 Å². The Morgan fingerprint density at radius 1 is 1.61 bits per heavy atom. The van der Waals surface area contributed by atoms with Crippen molar-refractivity contribution in [1.29, 1.82) is 0 Å². The first-order valence-corrected chi connectivity index (χ1v) is 6.21. The molecule has 5 N–H and O–H groups in total. The minimum atomic E-state index is 0. The van der Waals surface area contributed by atoms with Crippen molar-refractivity contribution in [2.75, 3.05) is 7.05 Å². The Balaban J connectivity index is 0.00000289. The van der Waals surface area contributed by atoms with E-state index < -0.39 is 0 Å². The summed E-state index contributed by atoms with van der Waals surface area (Å²) in [4.78, 5) is 7.35. The van der Waals surface area contributed by atoms with Crippen molar-refractivity contribution >= 4 is 35.1 Å². The summed E-state index contributed by atoms with van der Waals surface area (Å²) in [5.41, 5.74) is 3.25. The fraction of sp³-hybridized carbons (Fsp3) is 0.500. The second kappa shape index (κ2) is 8.84. The Labute approximate surface area is 117 Å². The number of halogens is 1. The van der Waals surface area contributed by atoms with E-state index in [1.54, 1.807) is 7.05 Å². The number of hydrogen-bond donors (Lipinski definition) is 3. The van der Waals surface area contributed by atoms with Gasteiger partial charge in [0.1, 0.15) is 16.7 Å². The molecule has 0 saturated carbocycles. The third-order valence-corrected chi connectivity index (χ3v) is 2.66. The number of H-pyrrole nitrogens is 1. The van der Waals surface area contributed by atoms with Crippen LogP contribution in [0.25, 0.3) is 0 Å². The summed E-state index contributed by atoms with van der Waals surface area (Å²) in [6, 6.07) is 0. The van der Waals surface area contributed by atoms with Gasteiger partial charge in [-0.3, -0.25) is 5.43 Å².